The summed E-state index contributed by atoms with van der Waals surface area (Å²) < 4.78 is 16.3. The highest BCUT2D eigenvalue weighted by molar-refractivity contribution is 5.26. The molecule has 2 rings (SSSR count). The van der Waals surface area contributed by atoms with Gasteiger partial charge in [0, 0.05) is 13.2 Å². The molecule has 0 unspecified atom stereocenters. The van der Waals surface area contributed by atoms with Crippen LogP contribution in [-0.4, -0.2) is 20.3 Å². The van der Waals surface area contributed by atoms with Gasteiger partial charge in [0.05, 0.1) is 20.3 Å². The molecule has 0 fully saturated rings. The molecule has 0 aliphatic carbocycles. The van der Waals surface area contributed by atoms with E-state index in [9.17, 15) is 0 Å². The van der Waals surface area contributed by atoms with Crippen LogP contribution in [0.1, 0.15) is 17.5 Å². The normalized spacial score (nSPS) is 10.5. The molecule has 0 spiro atoms. The van der Waals surface area contributed by atoms with Gasteiger partial charge in [0.25, 0.3) is 0 Å². The fourth-order valence-corrected chi connectivity index (χ4v) is 1.94. The fraction of sp³-hybridized carbons (Fsp3) is 0.333. The third-order valence-corrected chi connectivity index (χ3v) is 3.12. The Hall–Kier alpha value is -1.84. The van der Waals surface area contributed by atoms with E-state index >= 15 is 0 Å². The maximum Gasteiger partial charge on any atom is 0.118 e. The highest BCUT2D eigenvalue weighted by Crippen LogP contribution is 2.12. The topological polar surface area (TPSA) is 27.7 Å². The van der Waals surface area contributed by atoms with Crippen molar-refractivity contribution in [3.8, 4) is 5.75 Å². The Morgan fingerprint density at radius 1 is 0.714 bits per heavy atom. The second kappa shape index (κ2) is 9.16. The smallest absolute Gasteiger partial charge is 0.118 e. The van der Waals surface area contributed by atoms with Crippen molar-refractivity contribution in [2.75, 3.05) is 20.3 Å². The third kappa shape index (κ3) is 5.98. The minimum atomic E-state index is 0.628. The van der Waals surface area contributed by atoms with E-state index in [0.717, 1.165) is 24.3 Å². The summed E-state index contributed by atoms with van der Waals surface area (Å²) in [6.07, 6.45) is 0.906. The van der Waals surface area contributed by atoms with Gasteiger partial charge >= 0.3 is 0 Å². The molecule has 2 aromatic rings. The number of ether oxygens (including phenoxy) is 3. The minimum Gasteiger partial charge on any atom is -0.497 e. The monoisotopic (exact) mass is 286 g/mol. The van der Waals surface area contributed by atoms with E-state index in [0.29, 0.717) is 19.8 Å². The van der Waals surface area contributed by atoms with E-state index in [-0.39, 0.29) is 0 Å². The minimum absolute atomic E-state index is 0.628. The van der Waals surface area contributed by atoms with E-state index in [4.69, 9.17) is 14.2 Å². The molecular weight excluding hydrogens is 264 g/mol. The van der Waals surface area contributed by atoms with Crippen molar-refractivity contribution in [3.05, 3.63) is 65.7 Å². The lowest BCUT2D eigenvalue weighted by Gasteiger charge is -2.06. The van der Waals surface area contributed by atoms with Crippen LogP contribution >= 0.6 is 0 Å². The zero-order valence-electron chi connectivity index (χ0n) is 12.5. The molecule has 0 amide bonds. The van der Waals surface area contributed by atoms with Gasteiger partial charge in [-0.3, -0.25) is 0 Å². The fourth-order valence-electron chi connectivity index (χ4n) is 1.94. The van der Waals surface area contributed by atoms with Crippen LogP contribution in [0.2, 0.25) is 0 Å². The zero-order valence-corrected chi connectivity index (χ0v) is 12.5. The van der Waals surface area contributed by atoms with Gasteiger partial charge < -0.3 is 14.2 Å². The molecule has 0 aromatic heterocycles. The van der Waals surface area contributed by atoms with E-state index in [2.05, 4.69) is 12.1 Å². The van der Waals surface area contributed by atoms with Crippen LogP contribution in [0.15, 0.2) is 54.6 Å². The van der Waals surface area contributed by atoms with Crippen LogP contribution < -0.4 is 4.74 Å². The summed E-state index contributed by atoms with van der Waals surface area (Å²) in [6, 6.07) is 18.1. The average molecular weight is 286 g/mol. The molecule has 0 N–H and O–H groups in total. The first-order valence-corrected chi connectivity index (χ1v) is 7.21. The Morgan fingerprint density at radius 2 is 1.29 bits per heavy atom. The van der Waals surface area contributed by atoms with Crippen LogP contribution in [0.5, 0.6) is 5.75 Å². The van der Waals surface area contributed by atoms with Crippen LogP contribution in [0.3, 0.4) is 0 Å². The first-order chi connectivity index (χ1) is 10.4. The average Bonchev–Trinajstić information content (AvgIpc) is 2.55. The Labute approximate surface area is 126 Å². The predicted molar refractivity (Wildman–Crippen MR) is 83.4 cm³/mol. The van der Waals surface area contributed by atoms with Crippen molar-refractivity contribution >= 4 is 0 Å². The number of hydrogen-bond acceptors (Lipinski definition) is 3. The molecule has 112 valence electrons. The van der Waals surface area contributed by atoms with Gasteiger partial charge in [0.15, 0.2) is 0 Å². The number of rotatable bonds is 9. The van der Waals surface area contributed by atoms with Crippen molar-refractivity contribution in [2.45, 2.75) is 19.6 Å². The lowest BCUT2D eigenvalue weighted by atomic mass is 10.2. The van der Waals surface area contributed by atoms with Crippen molar-refractivity contribution in [2.24, 2.45) is 0 Å². The summed E-state index contributed by atoms with van der Waals surface area (Å²) in [5, 5.41) is 0. The first kappa shape index (κ1) is 15.5. The van der Waals surface area contributed by atoms with E-state index in [1.807, 2.05) is 42.5 Å². The number of methoxy groups -OCH3 is 1. The van der Waals surface area contributed by atoms with Gasteiger partial charge in [-0.05, 0) is 29.7 Å². The molecule has 21 heavy (non-hydrogen) atoms. The maximum absolute atomic E-state index is 5.62. The molecule has 0 radical (unpaired) electrons. The number of benzene rings is 2. The summed E-state index contributed by atoms with van der Waals surface area (Å²) >= 11 is 0. The predicted octanol–water partition coefficient (Wildman–Crippen LogP) is 3.82. The van der Waals surface area contributed by atoms with E-state index in [1.165, 1.54) is 5.56 Å². The molecule has 0 heterocycles. The van der Waals surface area contributed by atoms with E-state index in [1.54, 1.807) is 7.11 Å². The van der Waals surface area contributed by atoms with Crippen LogP contribution in [0.4, 0.5) is 0 Å². The Bertz CT molecular complexity index is 494. The molecule has 0 saturated carbocycles. The molecule has 0 bridgehead atoms. The zero-order chi connectivity index (χ0) is 14.8. The second-order valence-corrected chi connectivity index (χ2v) is 4.79. The molecular formula is C18H22O3. The first-order valence-electron chi connectivity index (χ1n) is 7.21. The summed E-state index contributed by atoms with van der Waals surface area (Å²) in [6.45, 7) is 2.72. The standard InChI is InChI=1S/C18H22O3/c1-19-18-10-8-17(9-11-18)15-21-13-5-12-20-14-16-6-3-2-4-7-16/h2-4,6-11H,5,12-15H2,1H3. The summed E-state index contributed by atoms with van der Waals surface area (Å²) in [5.74, 6) is 0.869. The lowest BCUT2D eigenvalue weighted by molar-refractivity contribution is 0.0695. The Morgan fingerprint density at radius 3 is 1.86 bits per heavy atom. The van der Waals surface area contributed by atoms with Crippen LogP contribution in [0, 0.1) is 0 Å². The second-order valence-electron chi connectivity index (χ2n) is 4.79. The van der Waals surface area contributed by atoms with Gasteiger partial charge in [-0.15, -0.1) is 0 Å². The molecule has 0 aliphatic rings. The molecule has 2 aromatic carbocycles. The SMILES string of the molecule is COc1ccc(COCCCOCc2ccccc2)cc1. The maximum atomic E-state index is 5.62. The van der Waals surface area contributed by atoms with Crippen molar-refractivity contribution < 1.29 is 14.2 Å². The molecule has 0 saturated heterocycles. The molecule has 0 atom stereocenters. The Balaban J connectivity index is 1.51. The van der Waals surface area contributed by atoms with Crippen LogP contribution in [-0.2, 0) is 22.7 Å². The summed E-state index contributed by atoms with van der Waals surface area (Å²) in [5.41, 5.74) is 2.36. The number of hydrogen-bond donors (Lipinski definition) is 0. The van der Waals surface area contributed by atoms with Gasteiger partial charge in [-0.2, -0.15) is 0 Å². The van der Waals surface area contributed by atoms with Crippen molar-refractivity contribution in [1.29, 1.82) is 0 Å². The van der Waals surface area contributed by atoms with Gasteiger partial charge in [-0.1, -0.05) is 42.5 Å². The lowest BCUT2D eigenvalue weighted by Crippen LogP contribution is -2.01. The van der Waals surface area contributed by atoms with Gasteiger partial charge in [0.1, 0.15) is 5.75 Å². The van der Waals surface area contributed by atoms with Crippen molar-refractivity contribution in [3.63, 3.8) is 0 Å². The highest BCUT2D eigenvalue weighted by atomic mass is 16.5. The summed E-state index contributed by atoms with van der Waals surface area (Å²) in [4.78, 5) is 0. The highest BCUT2D eigenvalue weighted by Gasteiger charge is 1.96. The molecule has 3 nitrogen and oxygen atoms in total. The van der Waals surface area contributed by atoms with Crippen LogP contribution in [0.25, 0.3) is 0 Å². The molecule has 0 aliphatic heterocycles. The van der Waals surface area contributed by atoms with Gasteiger partial charge in [0.2, 0.25) is 0 Å². The molecule has 3 heteroatoms. The van der Waals surface area contributed by atoms with Gasteiger partial charge in [-0.25, -0.2) is 0 Å². The quantitative estimate of drug-likeness (QED) is 0.656. The van der Waals surface area contributed by atoms with E-state index < -0.39 is 0 Å². The Kier molecular flexibility index (Phi) is 6.78. The summed E-state index contributed by atoms with van der Waals surface area (Å²) in [7, 11) is 1.67. The third-order valence-electron chi connectivity index (χ3n) is 3.12. The van der Waals surface area contributed by atoms with Crippen molar-refractivity contribution in [1.82, 2.24) is 0 Å². The largest absolute Gasteiger partial charge is 0.497 e.